The second-order valence-electron chi connectivity index (χ2n) is 17.6. The van der Waals surface area contributed by atoms with Crippen LogP contribution in [0.5, 0.6) is 0 Å². The number of aromatic nitrogens is 26. The van der Waals surface area contributed by atoms with Gasteiger partial charge in [0.15, 0.2) is 22.6 Å². The standard InChI is InChI=1S/3C8H6N2.4C7H5N3.2C6H4N4/c1-3-9-5-8-6-10-4-2-7(1)8;2*1-2-7-6-9-5-3-8(7)10-4-1;1-2-8-3-6-4-9-5-10-7(1)6;1-2-8-4-7-6(1)3-9-5-10-7;1-2-6-7(9-3-1)4-8-5-10-6;1-2-6-4-8-5-10-7(6)9-3-1;1-2-9-6-5(8-1)3-7-4-10-6;1-2-8-6-5(7-1)9-3-4-10-6/h3*1-6H;4*1-5H;2*1-4H. The smallest absolute Gasteiger partial charge is 0.197 e. The minimum atomic E-state index is 0.588. The average molecular weight is 1180 g/mol. The van der Waals surface area contributed by atoms with E-state index in [1.54, 1.807) is 143 Å². The number of hydrogen-bond donors (Lipinski definition) is 0. The van der Waals surface area contributed by atoms with E-state index in [2.05, 4.69) is 130 Å². The van der Waals surface area contributed by atoms with Crippen LogP contribution in [-0.2, 0) is 0 Å². The summed E-state index contributed by atoms with van der Waals surface area (Å²) >= 11 is 0. The molecule has 0 aliphatic rings. The number of rotatable bonds is 0. The van der Waals surface area contributed by atoms with Crippen LogP contribution in [0, 0.1) is 0 Å². The molecule has 26 nitrogen and oxygen atoms in total. The summed E-state index contributed by atoms with van der Waals surface area (Å²) in [4.78, 5) is 103. The molecule has 0 saturated heterocycles. The van der Waals surface area contributed by atoms with Crippen molar-refractivity contribution >= 4 is 98.9 Å². The molecule has 90 heavy (non-hydrogen) atoms. The van der Waals surface area contributed by atoms with E-state index in [1.807, 2.05) is 110 Å². The minimum Gasteiger partial charge on any atom is -0.264 e. The van der Waals surface area contributed by atoms with Crippen LogP contribution >= 0.6 is 0 Å². The molecule has 0 fully saturated rings. The fourth-order valence-electron chi connectivity index (χ4n) is 7.48. The molecule has 18 heterocycles. The third-order valence-electron chi connectivity index (χ3n) is 11.7. The van der Waals surface area contributed by atoms with Gasteiger partial charge in [0.05, 0.1) is 46.2 Å². The van der Waals surface area contributed by atoms with E-state index in [0.29, 0.717) is 16.9 Å². The van der Waals surface area contributed by atoms with E-state index in [1.165, 1.54) is 37.0 Å². The van der Waals surface area contributed by atoms with Crippen LogP contribution in [0.25, 0.3) is 98.9 Å². The largest absolute Gasteiger partial charge is 0.264 e. The van der Waals surface area contributed by atoms with Crippen molar-refractivity contribution in [2.24, 2.45) is 0 Å². The quantitative estimate of drug-likeness (QED) is 0.136. The molecule has 0 amide bonds. The van der Waals surface area contributed by atoms with Gasteiger partial charge < -0.3 is 0 Å². The van der Waals surface area contributed by atoms with Crippen LogP contribution in [0.4, 0.5) is 0 Å². The maximum absolute atomic E-state index is 4.14. The normalized spacial score (nSPS) is 10.0. The number of nitrogens with zero attached hydrogens (tertiary/aromatic N) is 26. The first-order chi connectivity index (χ1) is 44.7. The van der Waals surface area contributed by atoms with Crippen molar-refractivity contribution < 1.29 is 0 Å². The van der Waals surface area contributed by atoms with Crippen LogP contribution in [-0.4, -0.2) is 130 Å². The van der Waals surface area contributed by atoms with Crippen LogP contribution in [0.15, 0.2) is 284 Å². The maximum Gasteiger partial charge on any atom is 0.197 e. The minimum absolute atomic E-state index is 0.588. The summed E-state index contributed by atoms with van der Waals surface area (Å²) in [5.41, 5.74) is 8.83. The summed E-state index contributed by atoms with van der Waals surface area (Å²) in [5.74, 6) is 0. The zero-order chi connectivity index (χ0) is 61.3. The van der Waals surface area contributed by atoms with Gasteiger partial charge in [0.25, 0.3) is 0 Å². The predicted octanol–water partition coefficient (Wildman–Crippen LogP) is 9.83. The summed E-state index contributed by atoms with van der Waals surface area (Å²) < 4.78 is 0. The lowest BCUT2D eigenvalue weighted by Crippen LogP contribution is -1.87. The second-order valence-corrected chi connectivity index (χ2v) is 17.6. The molecule has 0 unspecified atom stereocenters. The van der Waals surface area contributed by atoms with Crippen LogP contribution in [0.2, 0.25) is 0 Å². The van der Waals surface area contributed by atoms with E-state index in [0.717, 1.165) is 76.6 Å². The summed E-state index contributed by atoms with van der Waals surface area (Å²) in [5, 5.41) is 7.43. The number of fused-ring (bicyclic) bond motifs is 9. The maximum atomic E-state index is 4.14. The van der Waals surface area contributed by atoms with Gasteiger partial charge >= 0.3 is 0 Å². The molecule has 0 aromatic carbocycles. The molecular formula is C64H46N26. The second kappa shape index (κ2) is 33.1. The van der Waals surface area contributed by atoms with E-state index in [4.69, 9.17) is 0 Å². The third kappa shape index (κ3) is 18.2. The first-order valence-corrected chi connectivity index (χ1v) is 26.9. The lowest BCUT2D eigenvalue weighted by atomic mass is 10.2. The molecule has 0 N–H and O–H groups in total. The third-order valence-corrected chi connectivity index (χ3v) is 11.7. The molecule has 0 spiro atoms. The summed E-state index contributed by atoms with van der Waals surface area (Å²) in [6.45, 7) is 0. The molecule has 0 aliphatic carbocycles. The van der Waals surface area contributed by atoms with Crippen molar-refractivity contribution in [3.63, 3.8) is 0 Å². The van der Waals surface area contributed by atoms with Crippen molar-refractivity contribution in [3.8, 4) is 0 Å². The van der Waals surface area contributed by atoms with E-state index < -0.39 is 0 Å². The van der Waals surface area contributed by atoms with Gasteiger partial charge in [0.2, 0.25) is 0 Å². The molecule has 0 bridgehead atoms. The van der Waals surface area contributed by atoms with Crippen molar-refractivity contribution in [1.29, 1.82) is 0 Å². The highest BCUT2D eigenvalue weighted by molar-refractivity contribution is 5.81. The molecular weight excluding hydrogens is 1130 g/mol. The highest BCUT2D eigenvalue weighted by atomic mass is 15.0. The number of pyridine rings is 10. The topological polar surface area (TPSA) is 335 Å². The van der Waals surface area contributed by atoms with Crippen LogP contribution in [0.1, 0.15) is 0 Å². The molecule has 18 aromatic rings. The molecule has 26 heteroatoms. The van der Waals surface area contributed by atoms with Gasteiger partial charge in [0.1, 0.15) is 42.7 Å². The van der Waals surface area contributed by atoms with Crippen molar-refractivity contribution in [2.75, 3.05) is 0 Å². The Bertz CT molecular complexity index is 3530. The monoisotopic (exact) mass is 1180 g/mol. The van der Waals surface area contributed by atoms with E-state index in [-0.39, 0.29) is 0 Å². The molecule has 0 saturated carbocycles. The zero-order valence-corrected chi connectivity index (χ0v) is 47.2. The van der Waals surface area contributed by atoms with Gasteiger partial charge in [-0.1, -0.05) is 0 Å². The summed E-state index contributed by atoms with van der Waals surface area (Å²) in [7, 11) is 0. The van der Waals surface area contributed by atoms with Crippen LogP contribution in [0.3, 0.4) is 0 Å². The lowest BCUT2D eigenvalue weighted by molar-refractivity contribution is 1.15. The molecule has 432 valence electrons. The van der Waals surface area contributed by atoms with Crippen LogP contribution < -0.4 is 0 Å². The Morgan fingerprint density at radius 1 is 0.144 bits per heavy atom. The predicted molar refractivity (Wildman–Crippen MR) is 338 cm³/mol. The molecule has 0 atom stereocenters. The van der Waals surface area contributed by atoms with E-state index in [9.17, 15) is 0 Å². The Kier molecular flexibility index (Phi) is 21.9. The highest BCUT2D eigenvalue weighted by Gasteiger charge is 1.96. The van der Waals surface area contributed by atoms with Crippen molar-refractivity contribution in [1.82, 2.24) is 130 Å². The molecule has 18 rings (SSSR count). The molecule has 18 aromatic heterocycles. The highest BCUT2D eigenvalue weighted by Crippen LogP contribution is 2.11. The SMILES string of the molecule is c1cc2ccncc2cn1.c1cc2cncnc2cn1.c1cc2ncncc2cn1.c1cnc2ccncc2c1.c1cnc2ccncc2c1.c1cnc2cncnc2c1.c1cnc2nccnc2n1.c1cnc2ncncc2c1.c1cnc2ncncc2n1. The number of hydrogen-bond acceptors (Lipinski definition) is 26. The fraction of sp³-hybridized carbons (Fsp3) is 0. The Hall–Kier alpha value is -13.5. The first kappa shape index (κ1) is 59.6. The zero-order valence-electron chi connectivity index (χ0n) is 47.2. The Labute approximate surface area is 510 Å². The molecule has 0 aliphatic heterocycles. The van der Waals surface area contributed by atoms with Crippen molar-refractivity contribution in [3.05, 3.63) is 284 Å². The van der Waals surface area contributed by atoms with Gasteiger partial charge in [-0.3, -0.25) is 44.9 Å². The van der Waals surface area contributed by atoms with Gasteiger partial charge in [0, 0.05) is 181 Å². The summed E-state index contributed by atoms with van der Waals surface area (Å²) in [6, 6.07) is 26.8. The lowest BCUT2D eigenvalue weighted by Gasteiger charge is -1.91. The van der Waals surface area contributed by atoms with E-state index >= 15 is 0 Å². The van der Waals surface area contributed by atoms with Gasteiger partial charge in [-0.05, 0) is 90.3 Å². The summed E-state index contributed by atoms with van der Waals surface area (Å²) in [6.07, 6.45) is 53.9. The Morgan fingerprint density at radius 2 is 0.478 bits per heavy atom. The first-order valence-electron chi connectivity index (χ1n) is 26.9. The van der Waals surface area contributed by atoms with Gasteiger partial charge in [-0.15, -0.1) is 0 Å². The van der Waals surface area contributed by atoms with Gasteiger partial charge in [-0.25, -0.2) is 84.7 Å². The van der Waals surface area contributed by atoms with Crippen molar-refractivity contribution in [2.45, 2.75) is 0 Å². The molecule has 0 radical (unpaired) electrons. The fourth-order valence-corrected chi connectivity index (χ4v) is 7.48. The van der Waals surface area contributed by atoms with Gasteiger partial charge in [-0.2, -0.15) is 0 Å². The Balaban J connectivity index is 0.000000111. The Morgan fingerprint density at radius 3 is 1.01 bits per heavy atom. The average Bonchev–Trinajstić information content (AvgIpc) is 3.79.